The Morgan fingerprint density at radius 1 is 1.19 bits per heavy atom. The number of primary amides is 1. The topological polar surface area (TPSA) is 60.9 Å². The summed E-state index contributed by atoms with van der Waals surface area (Å²) >= 11 is 6.08. The summed E-state index contributed by atoms with van der Waals surface area (Å²) in [5.74, 6) is -2.58. The van der Waals surface area contributed by atoms with Crippen molar-refractivity contribution < 1.29 is 22.4 Å². The molecule has 2 N–H and O–H groups in total. The first-order valence-electron chi connectivity index (χ1n) is 7.61. The quantitative estimate of drug-likeness (QED) is 0.647. The predicted octanol–water partition coefficient (Wildman–Crippen LogP) is 4.72. The lowest BCUT2D eigenvalue weighted by Gasteiger charge is -2.14. The first-order chi connectivity index (χ1) is 12.7. The Balaban J connectivity index is 2.39. The molecule has 1 aromatic heterocycles. The molecule has 140 valence electrons. The summed E-state index contributed by atoms with van der Waals surface area (Å²) in [6, 6.07) is 7.42. The zero-order valence-electron chi connectivity index (χ0n) is 13.8. The van der Waals surface area contributed by atoms with Gasteiger partial charge in [0.15, 0.2) is 0 Å². The van der Waals surface area contributed by atoms with E-state index < -0.39 is 35.2 Å². The molecule has 0 atom stereocenters. The van der Waals surface area contributed by atoms with Crippen LogP contribution in [0.1, 0.15) is 22.5 Å². The van der Waals surface area contributed by atoms with Gasteiger partial charge in [-0.25, -0.2) is 17.6 Å². The third-order valence-electron chi connectivity index (χ3n) is 4.00. The van der Waals surface area contributed by atoms with Gasteiger partial charge in [-0.3, -0.25) is 9.48 Å². The van der Waals surface area contributed by atoms with Crippen molar-refractivity contribution in [2.24, 2.45) is 12.8 Å². The first-order valence-corrected chi connectivity index (χ1v) is 7.99. The summed E-state index contributed by atoms with van der Waals surface area (Å²) in [4.78, 5) is 11.8. The van der Waals surface area contributed by atoms with Crippen molar-refractivity contribution in [3.05, 3.63) is 64.3 Å². The van der Waals surface area contributed by atoms with Crippen molar-refractivity contribution in [1.82, 2.24) is 9.78 Å². The van der Waals surface area contributed by atoms with E-state index in [0.717, 1.165) is 22.9 Å². The number of nitrogens with zero attached hydrogens (tertiary/aromatic N) is 2. The van der Waals surface area contributed by atoms with Crippen LogP contribution < -0.4 is 5.73 Å². The summed E-state index contributed by atoms with van der Waals surface area (Å²) in [5.41, 5.74) is 3.85. The smallest absolute Gasteiger partial charge is 0.282 e. The van der Waals surface area contributed by atoms with E-state index in [1.165, 1.54) is 25.2 Å². The Hall–Kier alpha value is -2.87. The minimum Gasteiger partial charge on any atom is -0.365 e. The lowest BCUT2D eigenvalue weighted by Crippen LogP contribution is -2.15. The van der Waals surface area contributed by atoms with E-state index in [0.29, 0.717) is 0 Å². The van der Waals surface area contributed by atoms with Crippen LogP contribution in [-0.2, 0) is 7.05 Å². The molecule has 0 radical (unpaired) electrons. The van der Waals surface area contributed by atoms with Crippen LogP contribution in [0.4, 0.5) is 17.6 Å². The fourth-order valence-electron chi connectivity index (χ4n) is 2.92. The Morgan fingerprint density at radius 2 is 1.89 bits per heavy atom. The van der Waals surface area contributed by atoms with Crippen molar-refractivity contribution in [2.75, 3.05) is 0 Å². The maximum Gasteiger partial charge on any atom is 0.282 e. The van der Waals surface area contributed by atoms with E-state index in [1.807, 2.05) is 0 Å². The summed E-state index contributed by atoms with van der Waals surface area (Å²) in [6.45, 7) is 0. The maximum absolute atomic E-state index is 14.8. The van der Waals surface area contributed by atoms with Crippen LogP contribution >= 0.6 is 11.6 Å². The zero-order chi connectivity index (χ0) is 19.9. The van der Waals surface area contributed by atoms with E-state index in [9.17, 15) is 22.4 Å². The molecular weight excluding hydrogens is 386 g/mol. The number of halogens is 5. The van der Waals surface area contributed by atoms with Gasteiger partial charge in [-0.05, 0) is 29.8 Å². The molecule has 0 aliphatic heterocycles. The third-order valence-corrected chi connectivity index (χ3v) is 4.31. The molecule has 0 unspecified atom stereocenters. The second kappa shape index (κ2) is 7.03. The third kappa shape index (κ3) is 3.28. The molecule has 27 heavy (non-hydrogen) atoms. The maximum atomic E-state index is 14.8. The number of amides is 1. The van der Waals surface area contributed by atoms with Crippen LogP contribution in [0.5, 0.6) is 0 Å². The van der Waals surface area contributed by atoms with Crippen molar-refractivity contribution in [1.29, 1.82) is 0 Å². The van der Waals surface area contributed by atoms with Gasteiger partial charge in [0, 0.05) is 18.2 Å². The molecule has 0 aliphatic carbocycles. The van der Waals surface area contributed by atoms with Crippen molar-refractivity contribution in [3.8, 4) is 22.4 Å². The highest BCUT2D eigenvalue weighted by molar-refractivity contribution is 6.33. The average molecular weight is 398 g/mol. The van der Waals surface area contributed by atoms with E-state index in [-0.39, 0.29) is 27.4 Å². The molecular formula is C18H12ClF4N3O. The Labute approximate surface area is 156 Å². The number of alkyl halides is 2. The van der Waals surface area contributed by atoms with Crippen LogP contribution in [0.25, 0.3) is 22.4 Å². The van der Waals surface area contributed by atoms with Gasteiger partial charge in [0.1, 0.15) is 17.3 Å². The van der Waals surface area contributed by atoms with Gasteiger partial charge in [-0.15, -0.1) is 0 Å². The van der Waals surface area contributed by atoms with Gasteiger partial charge in [0.25, 0.3) is 12.3 Å². The standard InChI is InChI=1S/C18H12ClF4N3O/c1-26-16(14(18(24)27)15(25-26)17(22)23)13-10(3-2-4-12(13)21)9-6-5-8(20)7-11(9)19/h2-7,17H,1H3,(H2,24,27). The van der Waals surface area contributed by atoms with Crippen LogP contribution in [0.15, 0.2) is 36.4 Å². The number of nitrogens with two attached hydrogens (primary N) is 1. The summed E-state index contributed by atoms with van der Waals surface area (Å²) in [6.07, 6.45) is -3.09. The van der Waals surface area contributed by atoms with Crippen molar-refractivity contribution in [3.63, 3.8) is 0 Å². The molecule has 0 saturated heterocycles. The monoisotopic (exact) mass is 397 g/mol. The fraction of sp³-hybridized carbons (Fsp3) is 0.111. The van der Waals surface area contributed by atoms with Gasteiger partial charge < -0.3 is 5.73 Å². The molecule has 2 aromatic carbocycles. The van der Waals surface area contributed by atoms with Gasteiger partial charge in [0.2, 0.25) is 0 Å². The van der Waals surface area contributed by atoms with E-state index in [4.69, 9.17) is 17.3 Å². The molecule has 1 amide bonds. The molecule has 0 bridgehead atoms. The van der Waals surface area contributed by atoms with E-state index in [1.54, 1.807) is 0 Å². The van der Waals surface area contributed by atoms with Crippen molar-refractivity contribution in [2.45, 2.75) is 6.43 Å². The van der Waals surface area contributed by atoms with Crippen molar-refractivity contribution >= 4 is 17.5 Å². The molecule has 0 spiro atoms. The lowest BCUT2D eigenvalue weighted by molar-refractivity contribution is 0.0985. The summed E-state index contributed by atoms with van der Waals surface area (Å²) < 4.78 is 55.7. The Kier molecular flexibility index (Phi) is 4.93. The second-order valence-electron chi connectivity index (χ2n) is 5.68. The van der Waals surface area contributed by atoms with Crippen LogP contribution in [-0.4, -0.2) is 15.7 Å². The largest absolute Gasteiger partial charge is 0.365 e. The molecule has 0 fully saturated rings. The van der Waals surface area contributed by atoms with Crippen LogP contribution in [0, 0.1) is 11.6 Å². The fourth-order valence-corrected chi connectivity index (χ4v) is 3.19. The molecule has 0 saturated carbocycles. The molecule has 3 aromatic rings. The summed E-state index contributed by atoms with van der Waals surface area (Å²) in [7, 11) is 1.29. The Morgan fingerprint density at radius 3 is 2.48 bits per heavy atom. The highest BCUT2D eigenvalue weighted by Gasteiger charge is 2.30. The van der Waals surface area contributed by atoms with E-state index >= 15 is 0 Å². The molecule has 1 heterocycles. The number of aromatic nitrogens is 2. The minimum atomic E-state index is -3.09. The number of carbonyl (C=O) groups is 1. The SMILES string of the molecule is Cn1nc(C(F)F)c(C(N)=O)c1-c1c(F)cccc1-c1ccc(F)cc1Cl. The van der Waals surface area contributed by atoms with E-state index in [2.05, 4.69) is 5.10 Å². The van der Waals surface area contributed by atoms with Crippen LogP contribution in [0.3, 0.4) is 0 Å². The molecule has 0 aliphatic rings. The van der Waals surface area contributed by atoms with Gasteiger partial charge in [-0.2, -0.15) is 5.10 Å². The van der Waals surface area contributed by atoms with Crippen LogP contribution in [0.2, 0.25) is 5.02 Å². The number of carbonyl (C=O) groups excluding carboxylic acids is 1. The summed E-state index contributed by atoms with van der Waals surface area (Å²) in [5, 5.41) is 3.61. The van der Waals surface area contributed by atoms with Gasteiger partial charge in [-0.1, -0.05) is 23.7 Å². The van der Waals surface area contributed by atoms with Gasteiger partial charge in [0.05, 0.1) is 16.3 Å². The number of benzene rings is 2. The minimum absolute atomic E-state index is 0.0151. The zero-order valence-corrected chi connectivity index (χ0v) is 14.6. The number of aryl methyl sites for hydroxylation is 1. The number of hydrogen-bond donors (Lipinski definition) is 1. The molecule has 9 heteroatoms. The highest BCUT2D eigenvalue weighted by atomic mass is 35.5. The normalized spacial score (nSPS) is 11.2. The first kappa shape index (κ1) is 18.9. The number of rotatable bonds is 4. The predicted molar refractivity (Wildman–Crippen MR) is 92.5 cm³/mol. The molecule has 3 rings (SSSR count). The number of hydrogen-bond acceptors (Lipinski definition) is 2. The highest BCUT2D eigenvalue weighted by Crippen LogP contribution is 2.40. The molecule has 4 nitrogen and oxygen atoms in total. The second-order valence-corrected chi connectivity index (χ2v) is 6.09. The Bertz CT molecular complexity index is 1050. The lowest BCUT2D eigenvalue weighted by atomic mass is 9.94. The van der Waals surface area contributed by atoms with Gasteiger partial charge >= 0.3 is 0 Å². The average Bonchev–Trinajstić information content (AvgIpc) is 2.92.